The van der Waals surface area contributed by atoms with Crippen LogP contribution in [0.3, 0.4) is 0 Å². The fourth-order valence-corrected chi connectivity index (χ4v) is 1.91. The zero-order valence-electron chi connectivity index (χ0n) is 9.97. The maximum Gasteiger partial charge on any atom is 0.251 e. The van der Waals surface area contributed by atoms with E-state index in [0.717, 1.165) is 6.42 Å². The summed E-state index contributed by atoms with van der Waals surface area (Å²) in [6.45, 7) is 1.84. The van der Waals surface area contributed by atoms with Gasteiger partial charge < -0.3 is 5.32 Å². The first-order valence-corrected chi connectivity index (χ1v) is 5.92. The second-order valence-electron chi connectivity index (χ2n) is 4.81. The molecule has 1 unspecified atom stereocenters. The molecule has 0 bridgehead atoms. The highest BCUT2D eigenvalue weighted by molar-refractivity contribution is 5.94. The minimum atomic E-state index is -1.56. The summed E-state index contributed by atoms with van der Waals surface area (Å²) in [4.78, 5) is 11.7. The van der Waals surface area contributed by atoms with Gasteiger partial charge in [0.25, 0.3) is 5.91 Å². The first kappa shape index (κ1) is 12.9. The SMILES string of the molecule is CC(CC1CC1)NC(=O)c1cc(F)c(F)c(F)c1. The summed E-state index contributed by atoms with van der Waals surface area (Å²) in [6.07, 6.45) is 3.19. The van der Waals surface area contributed by atoms with Gasteiger partial charge in [0, 0.05) is 11.6 Å². The lowest BCUT2D eigenvalue weighted by atomic mass is 10.1. The summed E-state index contributed by atoms with van der Waals surface area (Å²) >= 11 is 0. The van der Waals surface area contributed by atoms with Crippen LogP contribution in [0, 0.1) is 23.4 Å². The van der Waals surface area contributed by atoms with Crippen molar-refractivity contribution < 1.29 is 18.0 Å². The molecule has 1 fully saturated rings. The Balaban J connectivity index is 2.03. The van der Waals surface area contributed by atoms with Crippen LogP contribution < -0.4 is 5.32 Å². The standard InChI is InChI=1S/C13H14F3NO/c1-7(4-8-2-3-8)17-13(18)9-5-10(14)12(16)11(15)6-9/h5-8H,2-4H2,1H3,(H,17,18). The quantitative estimate of drug-likeness (QED) is 0.825. The van der Waals surface area contributed by atoms with Crippen molar-refractivity contribution in [2.45, 2.75) is 32.2 Å². The molecule has 1 aliphatic carbocycles. The van der Waals surface area contributed by atoms with Gasteiger partial charge in [0.05, 0.1) is 0 Å². The van der Waals surface area contributed by atoms with Crippen LogP contribution in [0.15, 0.2) is 12.1 Å². The van der Waals surface area contributed by atoms with Crippen molar-refractivity contribution in [3.63, 3.8) is 0 Å². The minimum Gasteiger partial charge on any atom is -0.350 e. The van der Waals surface area contributed by atoms with Crippen LogP contribution in [0.4, 0.5) is 13.2 Å². The normalized spacial score (nSPS) is 16.4. The fraction of sp³-hybridized carbons (Fsp3) is 0.462. The van der Waals surface area contributed by atoms with Crippen LogP contribution in [0.25, 0.3) is 0 Å². The Morgan fingerprint density at radius 3 is 2.39 bits per heavy atom. The van der Waals surface area contributed by atoms with Crippen LogP contribution in [-0.4, -0.2) is 11.9 Å². The molecule has 0 saturated heterocycles. The van der Waals surface area contributed by atoms with Crippen molar-refractivity contribution in [3.05, 3.63) is 35.1 Å². The van der Waals surface area contributed by atoms with Crippen LogP contribution in [0.5, 0.6) is 0 Å². The van der Waals surface area contributed by atoms with Gasteiger partial charge in [-0.1, -0.05) is 12.8 Å². The van der Waals surface area contributed by atoms with Gasteiger partial charge in [-0.3, -0.25) is 4.79 Å². The van der Waals surface area contributed by atoms with E-state index in [-0.39, 0.29) is 11.6 Å². The number of rotatable bonds is 4. The molecule has 0 heterocycles. The van der Waals surface area contributed by atoms with Crippen LogP contribution in [0.2, 0.25) is 0 Å². The molecule has 0 radical (unpaired) electrons. The fourth-order valence-electron chi connectivity index (χ4n) is 1.91. The molecule has 0 spiro atoms. The Kier molecular flexibility index (Phi) is 3.59. The summed E-state index contributed by atoms with van der Waals surface area (Å²) in [6, 6.07) is 1.36. The molecule has 5 heteroatoms. The highest BCUT2D eigenvalue weighted by Gasteiger charge is 2.24. The maximum atomic E-state index is 13.0. The minimum absolute atomic E-state index is 0.0545. The molecule has 1 aromatic carbocycles. The van der Waals surface area contributed by atoms with Crippen molar-refractivity contribution in [2.75, 3.05) is 0 Å². The summed E-state index contributed by atoms with van der Waals surface area (Å²) < 4.78 is 38.7. The molecule has 0 aromatic heterocycles. The molecule has 18 heavy (non-hydrogen) atoms. The van der Waals surface area contributed by atoms with Gasteiger partial charge in [-0.25, -0.2) is 13.2 Å². The van der Waals surface area contributed by atoms with Gasteiger partial charge in [0.1, 0.15) is 0 Å². The number of nitrogens with one attached hydrogen (secondary N) is 1. The smallest absolute Gasteiger partial charge is 0.251 e. The first-order valence-electron chi connectivity index (χ1n) is 5.92. The lowest BCUT2D eigenvalue weighted by molar-refractivity contribution is 0.0936. The Labute approximate surface area is 103 Å². The molecule has 1 amide bonds. The Hall–Kier alpha value is -1.52. The van der Waals surface area contributed by atoms with E-state index in [1.54, 1.807) is 0 Å². The summed E-state index contributed by atoms with van der Waals surface area (Å²) in [5.41, 5.74) is -0.200. The summed E-state index contributed by atoms with van der Waals surface area (Å²) in [7, 11) is 0. The Bertz CT molecular complexity index is 448. The van der Waals surface area contributed by atoms with E-state index in [9.17, 15) is 18.0 Å². The Morgan fingerprint density at radius 1 is 1.33 bits per heavy atom. The van der Waals surface area contributed by atoms with Gasteiger partial charge in [0.15, 0.2) is 17.5 Å². The van der Waals surface area contributed by atoms with Gasteiger partial charge in [-0.05, 0) is 31.4 Å². The number of halogens is 3. The summed E-state index contributed by atoms with van der Waals surface area (Å²) in [5.74, 6) is -4.20. The van der Waals surface area contributed by atoms with Gasteiger partial charge >= 0.3 is 0 Å². The molecule has 98 valence electrons. The number of carbonyl (C=O) groups excluding carboxylic acids is 1. The van der Waals surface area contributed by atoms with E-state index in [0.29, 0.717) is 18.1 Å². The molecule has 2 rings (SSSR count). The van der Waals surface area contributed by atoms with E-state index >= 15 is 0 Å². The number of amides is 1. The maximum absolute atomic E-state index is 13.0. The zero-order chi connectivity index (χ0) is 13.3. The lowest BCUT2D eigenvalue weighted by Crippen LogP contribution is -2.33. The monoisotopic (exact) mass is 257 g/mol. The van der Waals surface area contributed by atoms with Crippen molar-refractivity contribution in [2.24, 2.45) is 5.92 Å². The highest BCUT2D eigenvalue weighted by atomic mass is 19.2. The van der Waals surface area contributed by atoms with E-state index in [1.807, 2.05) is 6.92 Å². The third-order valence-electron chi connectivity index (χ3n) is 3.01. The predicted octanol–water partition coefficient (Wildman–Crippen LogP) is 3.02. The van der Waals surface area contributed by atoms with Crippen molar-refractivity contribution in [3.8, 4) is 0 Å². The summed E-state index contributed by atoms with van der Waals surface area (Å²) in [5, 5.41) is 2.65. The molecule has 1 atom stereocenters. The third kappa shape index (κ3) is 3.03. The molecule has 0 aliphatic heterocycles. The first-order chi connectivity index (χ1) is 8.47. The van der Waals surface area contributed by atoms with Crippen LogP contribution in [-0.2, 0) is 0 Å². The van der Waals surface area contributed by atoms with E-state index < -0.39 is 23.4 Å². The molecule has 1 saturated carbocycles. The molecule has 1 N–H and O–H groups in total. The van der Waals surface area contributed by atoms with E-state index in [2.05, 4.69) is 5.32 Å². The molecule has 1 aliphatic rings. The second-order valence-corrected chi connectivity index (χ2v) is 4.81. The number of carbonyl (C=O) groups is 1. The van der Waals surface area contributed by atoms with Gasteiger partial charge in [-0.15, -0.1) is 0 Å². The number of hydrogen-bond donors (Lipinski definition) is 1. The third-order valence-corrected chi connectivity index (χ3v) is 3.01. The van der Waals surface area contributed by atoms with E-state index in [1.165, 1.54) is 12.8 Å². The average molecular weight is 257 g/mol. The molecule has 2 nitrogen and oxygen atoms in total. The van der Waals surface area contributed by atoms with Crippen LogP contribution >= 0.6 is 0 Å². The lowest BCUT2D eigenvalue weighted by Gasteiger charge is -2.13. The molecular weight excluding hydrogens is 243 g/mol. The van der Waals surface area contributed by atoms with E-state index in [4.69, 9.17) is 0 Å². The topological polar surface area (TPSA) is 29.1 Å². The van der Waals surface area contributed by atoms with Crippen molar-refractivity contribution >= 4 is 5.91 Å². The predicted molar refractivity (Wildman–Crippen MR) is 60.6 cm³/mol. The average Bonchev–Trinajstić information content (AvgIpc) is 3.08. The van der Waals surface area contributed by atoms with Crippen LogP contribution in [0.1, 0.15) is 36.5 Å². The number of benzene rings is 1. The van der Waals surface area contributed by atoms with Gasteiger partial charge in [0.2, 0.25) is 0 Å². The van der Waals surface area contributed by atoms with Crippen molar-refractivity contribution in [1.82, 2.24) is 5.32 Å². The highest BCUT2D eigenvalue weighted by Crippen LogP contribution is 2.33. The Morgan fingerprint density at radius 2 is 1.89 bits per heavy atom. The largest absolute Gasteiger partial charge is 0.350 e. The second kappa shape index (κ2) is 5.00. The van der Waals surface area contributed by atoms with Gasteiger partial charge in [-0.2, -0.15) is 0 Å². The molecular formula is C13H14F3NO. The number of hydrogen-bond acceptors (Lipinski definition) is 1. The van der Waals surface area contributed by atoms with Crippen molar-refractivity contribution in [1.29, 1.82) is 0 Å². The molecule has 1 aromatic rings. The zero-order valence-corrected chi connectivity index (χ0v) is 9.97.